The molecule has 0 spiro atoms. The van der Waals surface area contributed by atoms with E-state index in [1.807, 2.05) is 25.2 Å². The first-order chi connectivity index (χ1) is 7.15. The van der Waals surface area contributed by atoms with Crippen LogP contribution in [0.3, 0.4) is 0 Å². The second-order valence-electron chi connectivity index (χ2n) is 3.31. The number of likely N-dealkylation sites (N-methyl/N-ethyl adjacent to an activating group) is 1. The number of para-hydroxylation sites is 1. The van der Waals surface area contributed by atoms with Crippen LogP contribution in [-0.2, 0) is 11.2 Å². The zero-order valence-electron chi connectivity index (χ0n) is 8.93. The molecular formula is C11H15BrN2O. The molecule has 82 valence electrons. The van der Waals surface area contributed by atoms with E-state index in [2.05, 4.69) is 26.6 Å². The fourth-order valence-electron chi connectivity index (χ4n) is 1.35. The van der Waals surface area contributed by atoms with Crippen LogP contribution in [0.4, 0.5) is 5.69 Å². The third-order valence-electron chi connectivity index (χ3n) is 2.05. The van der Waals surface area contributed by atoms with Gasteiger partial charge in [-0.1, -0.05) is 12.1 Å². The lowest BCUT2D eigenvalue weighted by Crippen LogP contribution is -2.14. The highest BCUT2D eigenvalue weighted by atomic mass is 79.9. The van der Waals surface area contributed by atoms with Gasteiger partial charge in [0.2, 0.25) is 5.91 Å². The topological polar surface area (TPSA) is 41.1 Å². The number of nitrogens with one attached hydrogen (secondary N) is 2. The van der Waals surface area contributed by atoms with Crippen molar-refractivity contribution in [3.05, 3.63) is 28.2 Å². The molecule has 1 aromatic carbocycles. The summed E-state index contributed by atoms with van der Waals surface area (Å²) >= 11 is 3.43. The minimum Gasteiger partial charge on any atom is -0.325 e. The number of carbonyl (C=O) groups is 1. The molecular weight excluding hydrogens is 256 g/mol. The van der Waals surface area contributed by atoms with Crippen molar-refractivity contribution in [1.82, 2.24) is 5.32 Å². The molecule has 0 aliphatic carbocycles. The fraction of sp³-hybridized carbons (Fsp3) is 0.364. The lowest BCUT2D eigenvalue weighted by molar-refractivity contribution is -0.114. The Balaban J connectivity index is 2.92. The second-order valence-corrected chi connectivity index (χ2v) is 4.16. The van der Waals surface area contributed by atoms with Crippen molar-refractivity contribution >= 4 is 27.5 Å². The maximum atomic E-state index is 11.0. The summed E-state index contributed by atoms with van der Waals surface area (Å²) in [5, 5.41) is 5.93. The molecule has 0 bridgehead atoms. The van der Waals surface area contributed by atoms with E-state index in [9.17, 15) is 4.79 Å². The van der Waals surface area contributed by atoms with Crippen molar-refractivity contribution in [2.45, 2.75) is 13.3 Å². The van der Waals surface area contributed by atoms with Crippen molar-refractivity contribution in [2.75, 3.05) is 18.9 Å². The molecule has 0 aliphatic rings. The molecule has 0 heterocycles. The Hall–Kier alpha value is -0.870. The van der Waals surface area contributed by atoms with E-state index < -0.39 is 0 Å². The first-order valence-electron chi connectivity index (χ1n) is 4.84. The number of rotatable bonds is 4. The predicted molar refractivity (Wildman–Crippen MR) is 66.1 cm³/mol. The molecule has 3 nitrogen and oxygen atoms in total. The van der Waals surface area contributed by atoms with E-state index in [1.54, 1.807) is 0 Å². The van der Waals surface area contributed by atoms with Crippen LogP contribution in [0.25, 0.3) is 0 Å². The van der Waals surface area contributed by atoms with Crippen LogP contribution in [0.1, 0.15) is 12.5 Å². The molecule has 0 saturated heterocycles. The van der Waals surface area contributed by atoms with Gasteiger partial charge in [-0.05, 0) is 47.6 Å². The van der Waals surface area contributed by atoms with Crippen molar-refractivity contribution in [1.29, 1.82) is 0 Å². The van der Waals surface area contributed by atoms with Gasteiger partial charge in [-0.25, -0.2) is 0 Å². The average Bonchev–Trinajstić information content (AvgIpc) is 2.18. The fourth-order valence-corrected chi connectivity index (χ4v) is 1.86. The Labute approximate surface area is 98.4 Å². The molecule has 0 atom stereocenters. The molecule has 15 heavy (non-hydrogen) atoms. The number of halogens is 1. The second kappa shape index (κ2) is 5.88. The van der Waals surface area contributed by atoms with E-state index in [0.717, 1.165) is 28.7 Å². The van der Waals surface area contributed by atoms with Gasteiger partial charge in [-0.2, -0.15) is 0 Å². The van der Waals surface area contributed by atoms with Crippen molar-refractivity contribution in [3.8, 4) is 0 Å². The monoisotopic (exact) mass is 270 g/mol. The number of hydrogen-bond acceptors (Lipinski definition) is 2. The Bertz CT molecular complexity index is 352. The van der Waals surface area contributed by atoms with Crippen LogP contribution in [0.5, 0.6) is 0 Å². The molecule has 0 aliphatic heterocycles. The lowest BCUT2D eigenvalue weighted by atomic mass is 10.1. The molecule has 0 unspecified atom stereocenters. The van der Waals surface area contributed by atoms with Crippen molar-refractivity contribution in [3.63, 3.8) is 0 Å². The molecule has 0 radical (unpaired) electrons. The van der Waals surface area contributed by atoms with Gasteiger partial charge in [0.15, 0.2) is 0 Å². The van der Waals surface area contributed by atoms with Gasteiger partial charge in [-0.15, -0.1) is 0 Å². The van der Waals surface area contributed by atoms with Crippen LogP contribution in [0.2, 0.25) is 0 Å². The van der Waals surface area contributed by atoms with Crippen LogP contribution in [0, 0.1) is 0 Å². The summed E-state index contributed by atoms with van der Waals surface area (Å²) in [6, 6.07) is 5.92. The molecule has 2 N–H and O–H groups in total. The van der Waals surface area contributed by atoms with Crippen LogP contribution < -0.4 is 10.6 Å². The predicted octanol–water partition coefficient (Wildman–Crippen LogP) is 2.17. The first kappa shape index (κ1) is 12.2. The average molecular weight is 271 g/mol. The highest BCUT2D eigenvalue weighted by Gasteiger charge is 2.07. The van der Waals surface area contributed by atoms with Gasteiger partial charge < -0.3 is 10.6 Å². The normalized spacial score (nSPS) is 10.1. The van der Waals surface area contributed by atoms with Gasteiger partial charge in [0.05, 0.1) is 5.69 Å². The first-order valence-corrected chi connectivity index (χ1v) is 5.64. The van der Waals surface area contributed by atoms with Gasteiger partial charge in [0, 0.05) is 11.4 Å². The highest BCUT2D eigenvalue weighted by molar-refractivity contribution is 9.10. The molecule has 0 aromatic heterocycles. The molecule has 0 fully saturated rings. The summed E-state index contributed by atoms with van der Waals surface area (Å²) < 4.78 is 0.923. The third-order valence-corrected chi connectivity index (χ3v) is 2.71. The third kappa shape index (κ3) is 3.64. The molecule has 4 heteroatoms. The van der Waals surface area contributed by atoms with E-state index >= 15 is 0 Å². The Morgan fingerprint density at radius 2 is 2.20 bits per heavy atom. The summed E-state index contributed by atoms with van der Waals surface area (Å²) in [5.74, 6) is -0.0485. The van der Waals surface area contributed by atoms with Crippen molar-refractivity contribution < 1.29 is 4.79 Å². The Morgan fingerprint density at radius 1 is 1.47 bits per heavy atom. The maximum absolute atomic E-state index is 11.0. The molecule has 0 saturated carbocycles. The standard InChI is InChI=1S/C11H15BrN2O/c1-8(15)14-11-9(6-7-13-2)4-3-5-10(11)12/h3-5,13H,6-7H2,1-2H3,(H,14,15). The van der Waals surface area contributed by atoms with Gasteiger partial charge in [0.25, 0.3) is 0 Å². The van der Waals surface area contributed by atoms with Crippen LogP contribution in [-0.4, -0.2) is 19.5 Å². The summed E-state index contributed by atoms with van der Waals surface area (Å²) in [7, 11) is 1.91. The number of hydrogen-bond donors (Lipinski definition) is 2. The van der Waals surface area contributed by atoms with Gasteiger partial charge in [-0.3, -0.25) is 4.79 Å². The number of anilines is 1. The zero-order chi connectivity index (χ0) is 11.3. The highest BCUT2D eigenvalue weighted by Crippen LogP contribution is 2.26. The van der Waals surface area contributed by atoms with E-state index in [4.69, 9.17) is 0 Å². The Kier molecular flexibility index (Phi) is 4.78. The van der Waals surface area contributed by atoms with E-state index in [-0.39, 0.29) is 5.91 Å². The van der Waals surface area contributed by atoms with Crippen molar-refractivity contribution in [2.24, 2.45) is 0 Å². The minimum atomic E-state index is -0.0485. The molecule has 1 rings (SSSR count). The number of amides is 1. The smallest absolute Gasteiger partial charge is 0.221 e. The lowest BCUT2D eigenvalue weighted by Gasteiger charge is -2.11. The van der Waals surface area contributed by atoms with Crippen LogP contribution in [0.15, 0.2) is 22.7 Å². The molecule has 1 amide bonds. The summed E-state index contributed by atoms with van der Waals surface area (Å²) in [6.45, 7) is 2.41. The SMILES string of the molecule is CNCCc1cccc(Br)c1NC(C)=O. The van der Waals surface area contributed by atoms with E-state index in [1.165, 1.54) is 6.92 Å². The summed E-state index contributed by atoms with van der Waals surface area (Å²) in [6.07, 6.45) is 0.894. The van der Waals surface area contributed by atoms with Crippen LogP contribution >= 0.6 is 15.9 Å². The number of carbonyl (C=O) groups excluding carboxylic acids is 1. The van der Waals surface area contributed by atoms with Gasteiger partial charge >= 0.3 is 0 Å². The zero-order valence-corrected chi connectivity index (χ0v) is 10.5. The van der Waals surface area contributed by atoms with Gasteiger partial charge in [0.1, 0.15) is 0 Å². The molecule has 1 aromatic rings. The van der Waals surface area contributed by atoms with E-state index in [0.29, 0.717) is 0 Å². The maximum Gasteiger partial charge on any atom is 0.221 e. The largest absolute Gasteiger partial charge is 0.325 e. The quantitative estimate of drug-likeness (QED) is 0.881. The summed E-state index contributed by atoms with van der Waals surface area (Å²) in [5.41, 5.74) is 2.01. The summed E-state index contributed by atoms with van der Waals surface area (Å²) in [4.78, 5) is 11.0. The minimum absolute atomic E-state index is 0.0485. The number of benzene rings is 1. The Morgan fingerprint density at radius 3 is 2.80 bits per heavy atom.